The summed E-state index contributed by atoms with van der Waals surface area (Å²) in [6.07, 6.45) is 2.13. The molecule has 6 heteroatoms. The van der Waals surface area contributed by atoms with E-state index in [0.717, 1.165) is 42.7 Å². The zero-order chi connectivity index (χ0) is 18.7. The Morgan fingerprint density at radius 2 is 1.88 bits per heavy atom. The average molecular weight is 391 g/mol. The van der Waals surface area contributed by atoms with Crippen LogP contribution in [0, 0.1) is 5.92 Å². The van der Waals surface area contributed by atoms with Crippen LogP contribution < -0.4 is 10.6 Å². The second-order valence-corrected chi connectivity index (χ2v) is 8.74. The number of benzene rings is 1. The lowest BCUT2D eigenvalue weighted by atomic mass is 10.0. The first-order valence-electron chi connectivity index (χ1n) is 9.59. The Bertz CT molecular complexity index is 634. The third-order valence-corrected chi connectivity index (χ3v) is 5.93. The van der Waals surface area contributed by atoms with Crippen molar-refractivity contribution in [3.8, 4) is 0 Å². The molecule has 3 atom stereocenters. The molecule has 2 fully saturated rings. The molecule has 0 spiro atoms. The molecule has 2 N–H and O–H groups in total. The van der Waals surface area contributed by atoms with Crippen LogP contribution in [0.2, 0.25) is 0 Å². The Morgan fingerprint density at radius 1 is 1.15 bits per heavy atom. The van der Waals surface area contributed by atoms with Gasteiger partial charge in [0.15, 0.2) is 10.2 Å². The van der Waals surface area contributed by atoms with Crippen LogP contribution >= 0.6 is 24.4 Å². The van der Waals surface area contributed by atoms with Crippen molar-refractivity contribution in [2.45, 2.75) is 51.7 Å². The van der Waals surface area contributed by atoms with Gasteiger partial charge >= 0.3 is 0 Å². The van der Waals surface area contributed by atoms with Crippen LogP contribution in [0.1, 0.15) is 32.8 Å². The lowest BCUT2D eigenvalue weighted by Crippen LogP contribution is -2.49. The van der Waals surface area contributed by atoms with Crippen molar-refractivity contribution in [2.75, 3.05) is 19.6 Å². The van der Waals surface area contributed by atoms with Crippen molar-refractivity contribution in [1.29, 1.82) is 0 Å². The van der Waals surface area contributed by atoms with Crippen LogP contribution in [0.25, 0.3) is 0 Å². The first-order chi connectivity index (χ1) is 12.4. The van der Waals surface area contributed by atoms with Crippen molar-refractivity contribution in [3.63, 3.8) is 0 Å². The fourth-order valence-corrected chi connectivity index (χ4v) is 4.72. The maximum absolute atomic E-state index is 5.63. The molecular weight excluding hydrogens is 360 g/mol. The van der Waals surface area contributed by atoms with Gasteiger partial charge in [0.25, 0.3) is 0 Å². The molecule has 2 saturated heterocycles. The van der Waals surface area contributed by atoms with Gasteiger partial charge in [-0.1, -0.05) is 44.2 Å². The number of hydrogen-bond acceptors (Lipinski definition) is 2. The van der Waals surface area contributed by atoms with Crippen LogP contribution in [-0.2, 0) is 6.42 Å². The van der Waals surface area contributed by atoms with E-state index in [1.807, 2.05) is 0 Å². The molecule has 2 heterocycles. The highest BCUT2D eigenvalue weighted by Crippen LogP contribution is 2.21. The van der Waals surface area contributed by atoms with Crippen LogP contribution in [0.3, 0.4) is 0 Å². The van der Waals surface area contributed by atoms with Gasteiger partial charge in [-0.15, -0.1) is 0 Å². The maximum Gasteiger partial charge on any atom is 0.169 e. The molecule has 0 bridgehead atoms. The second-order valence-electron chi connectivity index (χ2n) is 7.97. The Kier molecular flexibility index (Phi) is 6.35. The van der Waals surface area contributed by atoms with Gasteiger partial charge in [-0.2, -0.15) is 0 Å². The summed E-state index contributed by atoms with van der Waals surface area (Å²) in [5.74, 6) is 0.660. The van der Waals surface area contributed by atoms with Gasteiger partial charge in [-0.05, 0) is 55.7 Å². The predicted molar refractivity (Wildman–Crippen MR) is 116 cm³/mol. The highest BCUT2D eigenvalue weighted by Gasteiger charge is 2.35. The van der Waals surface area contributed by atoms with Crippen molar-refractivity contribution in [3.05, 3.63) is 35.9 Å². The van der Waals surface area contributed by atoms with E-state index in [9.17, 15) is 0 Å². The largest absolute Gasteiger partial charge is 0.360 e. The highest BCUT2D eigenvalue weighted by atomic mass is 32.1. The summed E-state index contributed by atoms with van der Waals surface area (Å²) in [7, 11) is 0. The van der Waals surface area contributed by atoms with Gasteiger partial charge in [0.05, 0.1) is 6.04 Å². The molecule has 0 aliphatic carbocycles. The first kappa shape index (κ1) is 19.4. The van der Waals surface area contributed by atoms with E-state index in [4.69, 9.17) is 24.4 Å². The number of rotatable bonds is 7. The highest BCUT2D eigenvalue weighted by molar-refractivity contribution is 7.80. The maximum atomic E-state index is 5.63. The minimum absolute atomic E-state index is 0.315. The molecule has 0 aromatic heterocycles. The van der Waals surface area contributed by atoms with Gasteiger partial charge in [-0.3, -0.25) is 0 Å². The fraction of sp³-hybridized carbons (Fsp3) is 0.600. The monoisotopic (exact) mass is 390 g/mol. The second kappa shape index (κ2) is 8.53. The summed E-state index contributed by atoms with van der Waals surface area (Å²) in [6.45, 7) is 9.57. The predicted octanol–water partition coefficient (Wildman–Crippen LogP) is 2.78. The van der Waals surface area contributed by atoms with E-state index in [2.05, 4.69) is 71.5 Å². The summed E-state index contributed by atoms with van der Waals surface area (Å²) in [5, 5.41) is 8.56. The van der Waals surface area contributed by atoms with E-state index < -0.39 is 0 Å². The van der Waals surface area contributed by atoms with Gasteiger partial charge in [-0.25, -0.2) is 0 Å². The van der Waals surface area contributed by atoms with Crippen LogP contribution in [0.15, 0.2) is 30.3 Å². The Balaban J connectivity index is 1.78. The third kappa shape index (κ3) is 4.65. The van der Waals surface area contributed by atoms with E-state index in [0.29, 0.717) is 24.0 Å². The van der Waals surface area contributed by atoms with Gasteiger partial charge in [0.2, 0.25) is 0 Å². The summed E-state index contributed by atoms with van der Waals surface area (Å²) < 4.78 is 0. The van der Waals surface area contributed by atoms with E-state index in [-0.39, 0.29) is 0 Å². The summed E-state index contributed by atoms with van der Waals surface area (Å²) in [4.78, 5) is 4.76. The molecule has 142 valence electrons. The normalized spacial score (nSPS) is 24.2. The molecule has 0 saturated carbocycles. The molecular formula is C20H30N4S2. The number of nitrogens with zero attached hydrogens (tertiary/aromatic N) is 2. The van der Waals surface area contributed by atoms with Crippen LogP contribution in [-0.4, -0.2) is 57.8 Å². The molecule has 26 heavy (non-hydrogen) atoms. The molecule has 3 unspecified atom stereocenters. The van der Waals surface area contributed by atoms with E-state index >= 15 is 0 Å². The fourth-order valence-electron chi connectivity index (χ4n) is 3.99. The molecule has 0 amide bonds. The molecule has 2 aliphatic heterocycles. The average Bonchev–Trinajstić information content (AvgIpc) is 3.10. The third-order valence-electron chi connectivity index (χ3n) is 5.20. The van der Waals surface area contributed by atoms with Gasteiger partial charge < -0.3 is 20.4 Å². The topological polar surface area (TPSA) is 30.5 Å². The molecule has 3 rings (SSSR count). The quantitative estimate of drug-likeness (QED) is 0.696. The standard InChI is InChI=1S/C20H30N4S2/c1-14(2)9-17-11-21-19(25)24(17)13-18(10-16-7-5-4-6-8-16)23-12-15(3)22-20(23)26/h4-8,14-15,17-18H,9-13H2,1-3H3,(H,21,25)(H,22,26). The SMILES string of the molecule is CC(C)CC1CNC(=S)N1CC(Cc1ccccc1)N1CC(C)NC1=S. The van der Waals surface area contributed by atoms with Crippen molar-refractivity contribution in [1.82, 2.24) is 20.4 Å². The molecule has 2 aliphatic rings. The zero-order valence-corrected chi connectivity index (χ0v) is 17.6. The lowest BCUT2D eigenvalue weighted by Gasteiger charge is -2.35. The molecule has 1 aromatic rings. The van der Waals surface area contributed by atoms with Gasteiger partial charge in [0.1, 0.15) is 0 Å². The van der Waals surface area contributed by atoms with Crippen LogP contribution in [0.4, 0.5) is 0 Å². The summed E-state index contributed by atoms with van der Waals surface area (Å²) in [5.41, 5.74) is 1.35. The van der Waals surface area contributed by atoms with Crippen molar-refractivity contribution in [2.24, 2.45) is 5.92 Å². The Morgan fingerprint density at radius 3 is 2.50 bits per heavy atom. The van der Waals surface area contributed by atoms with Gasteiger partial charge in [0, 0.05) is 31.7 Å². The van der Waals surface area contributed by atoms with Crippen molar-refractivity contribution >= 4 is 34.7 Å². The van der Waals surface area contributed by atoms with Crippen molar-refractivity contribution < 1.29 is 0 Å². The number of hydrogen-bond donors (Lipinski definition) is 2. The number of nitrogens with one attached hydrogen (secondary N) is 2. The molecule has 0 radical (unpaired) electrons. The van der Waals surface area contributed by atoms with E-state index in [1.54, 1.807) is 0 Å². The minimum Gasteiger partial charge on any atom is -0.360 e. The van der Waals surface area contributed by atoms with E-state index in [1.165, 1.54) is 5.56 Å². The summed E-state index contributed by atoms with van der Waals surface area (Å²) >= 11 is 11.3. The van der Waals surface area contributed by atoms with Crippen LogP contribution in [0.5, 0.6) is 0 Å². The summed E-state index contributed by atoms with van der Waals surface area (Å²) in [6, 6.07) is 11.9. The first-order valence-corrected chi connectivity index (χ1v) is 10.4. The molecule has 1 aromatic carbocycles. The minimum atomic E-state index is 0.315. The Hall–Kier alpha value is -1.40. The smallest absolute Gasteiger partial charge is 0.169 e. The number of thiocarbonyl (C=S) groups is 2. The Labute approximate surface area is 168 Å². The molecule has 4 nitrogen and oxygen atoms in total. The zero-order valence-electron chi connectivity index (χ0n) is 15.9. The lowest BCUT2D eigenvalue weighted by molar-refractivity contribution is 0.225.